The Morgan fingerprint density at radius 1 is 0.974 bits per heavy atom. The van der Waals surface area contributed by atoms with E-state index in [1.54, 1.807) is 11.8 Å². The maximum atomic E-state index is 13.2. The number of carbonyl (C=O) groups excluding carboxylic acids is 2. The molecule has 3 aliphatic heterocycles. The Morgan fingerprint density at radius 2 is 1.68 bits per heavy atom. The van der Waals surface area contributed by atoms with Gasteiger partial charge in [-0.25, -0.2) is 4.98 Å². The molecule has 2 bridgehead atoms. The van der Waals surface area contributed by atoms with Crippen LogP contribution in [0.3, 0.4) is 0 Å². The summed E-state index contributed by atoms with van der Waals surface area (Å²) in [6, 6.07) is 20.5. The van der Waals surface area contributed by atoms with E-state index in [0.717, 1.165) is 49.1 Å². The molecule has 0 spiro atoms. The number of hydrogen-bond donors (Lipinski definition) is 1. The van der Waals surface area contributed by atoms with Crippen LogP contribution in [0.1, 0.15) is 68.9 Å². The lowest BCUT2D eigenvalue weighted by Gasteiger charge is -2.40. The number of rotatable bonds is 7. The van der Waals surface area contributed by atoms with Crippen molar-refractivity contribution in [3.05, 3.63) is 66.0 Å². The number of nitrogens with zero attached hydrogens (tertiary/aromatic N) is 4. The van der Waals surface area contributed by atoms with Crippen LogP contribution in [0.2, 0.25) is 0 Å². The Balaban J connectivity index is 1.13. The molecule has 38 heavy (non-hydrogen) atoms. The first-order valence-electron chi connectivity index (χ1n) is 14.3. The van der Waals surface area contributed by atoms with Crippen LogP contribution in [-0.4, -0.2) is 62.9 Å². The second-order valence-corrected chi connectivity index (χ2v) is 11.5. The third-order valence-electron chi connectivity index (χ3n) is 9.20. The van der Waals surface area contributed by atoms with Crippen LogP contribution in [0.4, 0.5) is 0 Å². The maximum Gasteiger partial charge on any atom is 0.225 e. The fraction of sp³-hybridized carbons (Fsp3) is 0.516. The number of aryl methyl sites for hydroxylation is 1. The van der Waals surface area contributed by atoms with Crippen LogP contribution in [0.15, 0.2) is 54.6 Å². The van der Waals surface area contributed by atoms with Gasteiger partial charge in [0.2, 0.25) is 11.8 Å². The van der Waals surface area contributed by atoms with Gasteiger partial charge in [0.15, 0.2) is 0 Å². The number of fused-ring (bicyclic) bond motifs is 3. The Bertz CT molecular complexity index is 1290. The number of hydrogen-bond acceptors (Lipinski definition) is 4. The Labute approximate surface area is 225 Å². The number of likely N-dealkylation sites (tertiary alicyclic amines) is 1. The molecule has 0 aliphatic carbocycles. The Hall–Kier alpha value is -3.19. The largest absolute Gasteiger partial charge is 0.349 e. The molecular weight excluding hydrogens is 474 g/mol. The van der Waals surface area contributed by atoms with E-state index in [2.05, 4.69) is 70.2 Å². The highest BCUT2D eigenvalue weighted by atomic mass is 16.2. The van der Waals surface area contributed by atoms with Gasteiger partial charge in [-0.3, -0.25) is 14.5 Å². The van der Waals surface area contributed by atoms with Crippen molar-refractivity contribution in [3.8, 4) is 0 Å². The van der Waals surface area contributed by atoms with Crippen molar-refractivity contribution in [2.24, 2.45) is 5.92 Å². The standard InChI is InChI=1S/C31H39N5O2/c1-21-32-29-10-6-7-11-30(29)36(21)27-18-25-12-13-26(19-27)35(25)17-15-28(23-8-4-3-5-9-23)33-31(38)24-14-16-34(20-24)22(2)37/h3-11,24-28H,12-20H2,1-2H3,(H,33,38)/t24?,25-,26+,27-,28-/m0/s1. The topological polar surface area (TPSA) is 70.5 Å². The number of aromatic nitrogens is 2. The number of piperidine rings is 1. The van der Waals surface area contributed by atoms with E-state index in [4.69, 9.17) is 4.98 Å². The molecule has 3 aliphatic rings. The summed E-state index contributed by atoms with van der Waals surface area (Å²) in [6.07, 6.45) is 6.44. The third kappa shape index (κ3) is 4.84. The molecule has 200 valence electrons. The Morgan fingerprint density at radius 3 is 2.39 bits per heavy atom. The lowest BCUT2D eigenvalue weighted by atomic mass is 9.95. The molecule has 0 saturated carbocycles. The fourth-order valence-electron chi connectivity index (χ4n) is 7.28. The molecular formula is C31H39N5O2. The first-order chi connectivity index (χ1) is 18.5. The van der Waals surface area contributed by atoms with E-state index in [9.17, 15) is 9.59 Å². The summed E-state index contributed by atoms with van der Waals surface area (Å²) in [7, 11) is 0. The number of benzene rings is 2. The highest BCUT2D eigenvalue weighted by Crippen LogP contribution is 2.42. The fourth-order valence-corrected chi connectivity index (χ4v) is 7.28. The van der Waals surface area contributed by atoms with Gasteiger partial charge in [-0.1, -0.05) is 42.5 Å². The van der Waals surface area contributed by atoms with E-state index in [1.165, 1.54) is 18.4 Å². The van der Waals surface area contributed by atoms with Crippen LogP contribution in [-0.2, 0) is 9.59 Å². The summed E-state index contributed by atoms with van der Waals surface area (Å²) in [4.78, 5) is 34.3. The summed E-state index contributed by atoms with van der Waals surface area (Å²) >= 11 is 0. The zero-order valence-corrected chi connectivity index (χ0v) is 22.6. The van der Waals surface area contributed by atoms with Gasteiger partial charge in [0.1, 0.15) is 5.82 Å². The average Bonchev–Trinajstić information content (AvgIpc) is 3.60. The van der Waals surface area contributed by atoms with Gasteiger partial charge in [-0.2, -0.15) is 0 Å². The van der Waals surface area contributed by atoms with Crippen molar-refractivity contribution in [2.75, 3.05) is 19.6 Å². The minimum atomic E-state index is -0.120. The minimum absolute atomic E-state index is 0.0213. The molecule has 1 aromatic heterocycles. The molecule has 4 heterocycles. The predicted octanol–water partition coefficient (Wildman–Crippen LogP) is 4.63. The molecule has 3 aromatic rings. The minimum Gasteiger partial charge on any atom is -0.349 e. The van der Waals surface area contributed by atoms with Crippen molar-refractivity contribution in [1.29, 1.82) is 0 Å². The Kier molecular flexibility index (Phi) is 6.95. The lowest BCUT2D eigenvalue weighted by molar-refractivity contribution is -0.128. The van der Waals surface area contributed by atoms with Gasteiger partial charge in [0.05, 0.1) is 23.0 Å². The van der Waals surface area contributed by atoms with Crippen molar-refractivity contribution in [1.82, 2.24) is 24.7 Å². The molecule has 7 nitrogen and oxygen atoms in total. The van der Waals surface area contributed by atoms with Gasteiger partial charge >= 0.3 is 0 Å². The van der Waals surface area contributed by atoms with Crippen LogP contribution in [0.25, 0.3) is 11.0 Å². The molecule has 3 saturated heterocycles. The quantitative estimate of drug-likeness (QED) is 0.500. The van der Waals surface area contributed by atoms with Crippen LogP contribution in [0.5, 0.6) is 0 Å². The molecule has 5 atom stereocenters. The highest BCUT2D eigenvalue weighted by Gasteiger charge is 2.42. The monoisotopic (exact) mass is 513 g/mol. The SMILES string of the molecule is CC(=O)N1CCC(C(=O)N[C@@H](CCN2[C@@H]3CC[C@H]2C[C@H](n2c(C)nc4ccccc42)C3)c2ccccc2)C1. The number of nitrogens with one attached hydrogen (secondary N) is 1. The molecule has 1 unspecified atom stereocenters. The van der Waals surface area contributed by atoms with Crippen LogP contribution in [0, 0.1) is 12.8 Å². The predicted molar refractivity (Wildman–Crippen MR) is 149 cm³/mol. The van der Waals surface area contributed by atoms with Crippen molar-refractivity contribution < 1.29 is 9.59 Å². The summed E-state index contributed by atoms with van der Waals surface area (Å²) in [5.41, 5.74) is 3.50. The summed E-state index contributed by atoms with van der Waals surface area (Å²) < 4.78 is 2.48. The van der Waals surface area contributed by atoms with E-state index < -0.39 is 0 Å². The van der Waals surface area contributed by atoms with E-state index in [0.29, 0.717) is 31.2 Å². The normalized spacial score (nSPS) is 26.1. The molecule has 3 fully saturated rings. The van der Waals surface area contributed by atoms with E-state index in [1.807, 2.05) is 6.07 Å². The van der Waals surface area contributed by atoms with Gasteiger partial charge in [-0.15, -0.1) is 0 Å². The van der Waals surface area contributed by atoms with Crippen molar-refractivity contribution >= 4 is 22.8 Å². The summed E-state index contributed by atoms with van der Waals surface area (Å²) in [5.74, 6) is 1.13. The molecule has 0 radical (unpaired) electrons. The number of amides is 2. The van der Waals surface area contributed by atoms with Gasteiger partial charge in [0.25, 0.3) is 0 Å². The second-order valence-electron chi connectivity index (χ2n) is 11.5. The summed E-state index contributed by atoms with van der Waals surface area (Å²) in [6.45, 7) is 5.91. The van der Waals surface area contributed by atoms with Crippen LogP contribution >= 0.6 is 0 Å². The third-order valence-corrected chi connectivity index (χ3v) is 9.20. The molecule has 2 aromatic carbocycles. The molecule has 6 rings (SSSR count). The number of para-hydroxylation sites is 2. The second kappa shape index (κ2) is 10.5. The van der Waals surface area contributed by atoms with E-state index in [-0.39, 0.29) is 23.8 Å². The van der Waals surface area contributed by atoms with Gasteiger partial charge in [0, 0.05) is 44.7 Å². The molecule has 2 amide bonds. The lowest BCUT2D eigenvalue weighted by Crippen LogP contribution is -2.45. The van der Waals surface area contributed by atoms with Crippen molar-refractivity contribution in [3.63, 3.8) is 0 Å². The first kappa shape index (κ1) is 25.1. The summed E-state index contributed by atoms with van der Waals surface area (Å²) in [5, 5.41) is 3.37. The smallest absolute Gasteiger partial charge is 0.225 e. The van der Waals surface area contributed by atoms with E-state index >= 15 is 0 Å². The molecule has 7 heteroatoms. The maximum absolute atomic E-state index is 13.2. The first-order valence-corrected chi connectivity index (χ1v) is 14.3. The number of carbonyl (C=O) groups is 2. The zero-order valence-electron chi connectivity index (χ0n) is 22.6. The average molecular weight is 514 g/mol. The van der Waals surface area contributed by atoms with Gasteiger partial charge < -0.3 is 14.8 Å². The molecule has 1 N–H and O–H groups in total. The van der Waals surface area contributed by atoms with Crippen molar-refractivity contribution in [2.45, 2.75) is 76.5 Å². The number of imidazole rings is 1. The van der Waals surface area contributed by atoms with Gasteiger partial charge in [-0.05, 0) is 63.1 Å². The highest BCUT2D eigenvalue weighted by molar-refractivity contribution is 5.81. The van der Waals surface area contributed by atoms with Crippen LogP contribution < -0.4 is 5.32 Å². The zero-order chi connectivity index (χ0) is 26.2.